The van der Waals surface area contributed by atoms with Crippen molar-refractivity contribution in [3.05, 3.63) is 57.4 Å². The van der Waals surface area contributed by atoms with E-state index in [4.69, 9.17) is 4.98 Å². The second-order valence-electron chi connectivity index (χ2n) is 7.20. The van der Waals surface area contributed by atoms with E-state index in [0.29, 0.717) is 12.5 Å². The minimum Gasteiger partial charge on any atom is -0.310 e. The van der Waals surface area contributed by atoms with Crippen LogP contribution >= 0.6 is 0 Å². The van der Waals surface area contributed by atoms with E-state index in [2.05, 4.69) is 27.1 Å². The predicted molar refractivity (Wildman–Crippen MR) is 95.4 cm³/mol. The average Bonchev–Trinajstić information content (AvgIpc) is 3.42. The van der Waals surface area contributed by atoms with E-state index in [0.717, 1.165) is 60.6 Å². The van der Waals surface area contributed by atoms with Crippen LogP contribution in [0.15, 0.2) is 29.1 Å². The summed E-state index contributed by atoms with van der Waals surface area (Å²) in [6, 6.07) is 8.29. The average molecular weight is 335 g/mol. The molecule has 0 atom stereocenters. The largest absolute Gasteiger partial charge is 0.310 e. The molecule has 0 saturated heterocycles. The highest BCUT2D eigenvalue weighted by atomic mass is 16.1. The molecule has 128 valence electrons. The molecule has 3 heterocycles. The van der Waals surface area contributed by atoms with Gasteiger partial charge in [0.25, 0.3) is 5.56 Å². The van der Waals surface area contributed by atoms with Crippen molar-refractivity contribution in [2.45, 2.75) is 38.3 Å². The SMILES string of the molecule is Cn1nc(CN2CCc3nc(C4CC4)[nH]c(=O)c3C2)c2ccccc21. The molecule has 0 amide bonds. The van der Waals surface area contributed by atoms with Crippen LogP contribution in [0, 0.1) is 0 Å². The first-order chi connectivity index (χ1) is 12.2. The molecule has 0 unspecified atom stereocenters. The first kappa shape index (κ1) is 14.8. The summed E-state index contributed by atoms with van der Waals surface area (Å²) >= 11 is 0. The summed E-state index contributed by atoms with van der Waals surface area (Å²) in [5.41, 5.74) is 4.08. The fourth-order valence-electron chi connectivity index (χ4n) is 3.80. The Morgan fingerprint density at radius 1 is 1.28 bits per heavy atom. The Hall–Kier alpha value is -2.47. The van der Waals surface area contributed by atoms with Crippen LogP contribution in [0.3, 0.4) is 0 Å². The smallest absolute Gasteiger partial charge is 0.255 e. The number of nitrogens with zero attached hydrogens (tertiary/aromatic N) is 4. The summed E-state index contributed by atoms with van der Waals surface area (Å²) in [5.74, 6) is 1.38. The number of fused-ring (bicyclic) bond motifs is 2. The molecule has 1 aliphatic heterocycles. The van der Waals surface area contributed by atoms with E-state index >= 15 is 0 Å². The molecule has 1 aromatic carbocycles. The quantitative estimate of drug-likeness (QED) is 0.796. The highest BCUT2D eigenvalue weighted by Crippen LogP contribution is 2.37. The van der Waals surface area contributed by atoms with Crippen molar-refractivity contribution < 1.29 is 0 Å². The van der Waals surface area contributed by atoms with Crippen LogP contribution in [-0.2, 0) is 26.6 Å². The maximum Gasteiger partial charge on any atom is 0.255 e. The monoisotopic (exact) mass is 335 g/mol. The number of aromatic amines is 1. The number of aromatic nitrogens is 4. The van der Waals surface area contributed by atoms with E-state index < -0.39 is 0 Å². The summed E-state index contributed by atoms with van der Waals surface area (Å²) in [7, 11) is 1.98. The fourth-order valence-corrected chi connectivity index (χ4v) is 3.80. The predicted octanol–water partition coefficient (Wildman–Crippen LogP) is 2.09. The van der Waals surface area contributed by atoms with Crippen molar-refractivity contribution in [2.75, 3.05) is 6.54 Å². The second kappa shape index (κ2) is 5.52. The van der Waals surface area contributed by atoms with Crippen LogP contribution in [0.1, 0.15) is 41.5 Å². The zero-order chi connectivity index (χ0) is 17.0. The Morgan fingerprint density at radius 3 is 2.96 bits per heavy atom. The maximum absolute atomic E-state index is 12.5. The Bertz CT molecular complexity index is 1010. The lowest BCUT2D eigenvalue weighted by Crippen LogP contribution is -2.35. The number of para-hydroxylation sites is 1. The molecule has 6 heteroatoms. The van der Waals surface area contributed by atoms with Crippen molar-refractivity contribution in [3.8, 4) is 0 Å². The molecule has 0 spiro atoms. The first-order valence-corrected chi connectivity index (χ1v) is 8.94. The van der Waals surface area contributed by atoms with Gasteiger partial charge in [0.1, 0.15) is 5.82 Å². The molecule has 1 saturated carbocycles. The molecule has 1 fully saturated rings. The third-order valence-corrected chi connectivity index (χ3v) is 5.34. The molecule has 25 heavy (non-hydrogen) atoms. The molecule has 1 aliphatic carbocycles. The Labute approximate surface area is 145 Å². The number of H-pyrrole nitrogens is 1. The third-order valence-electron chi connectivity index (χ3n) is 5.34. The van der Waals surface area contributed by atoms with E-state index in [1.165, 1.54) is 5.39 Å². The van der Waals surface area contributed by atoms with Crippen LogP contribution in [0.5, 0.6) is 0 Å². The molecule has 6 nitrogen and oxygen atoms in total. The topological polar surface area (TPSA) is 66.8 Å². The van der Waals surface area contributed by atoms with Gasteiger partial charge in [-0.05, 0) is 18.9 Å². The summed E-state index contributed by atoms with van der Waals surface area (Å²) in [6.07, 6.45) is 3.14. The Morgan fingerprint density at radius 2 is 2.12 bits per heavy atom. The highest BCUT2D eigenvalue weighted by molar-refractivity contribution is 5.81. The van der Waals surface area contributed by atoms with Gasteiger partial charge in [0.2, 0.25) is 0 Å². The number of hydrogen-bond donors (Lipinski definition) is 1. The molecule has 0 bridgehead atoms. The number of hydrogen-bond acceptors (Lipinski definition) is 4. The van der Waals surface area contributed by atoms with Crippen molar-refractivity contribution in [1.29, 1.82) is 0 Å². The third kappa shape index (κ3) is 2.57. The minimum atomic E-state index is 0.0440. The van der Waals surface area contributed by atoms with Gasteiger partial charge in [-0.3, -0.25) is 14.4 Å². The van der Waals surface area contributed by atoms with Gasteiger partial charge in [0.15, 0.2) is 0 Å². The molecule has 2 aliphatic rings. The normalized spacial score (nSPS) is 17.8. The van der Waals surface area contributed by atoms with Gasteiger partial charge in [-0.15, -0.1) is 0 Å². The number of aryl methyl sites for hydroxylation is 1. The first-order valence-electron chi connectivity index (χ1n) is 8.94. The summed E-state index contributed by atoms with van der Waals surface area (Å²) in [6.45, 7) is 2.32. The lowest BCUT2D eigenvalue weighted by Gasteiger charge is -2.27. The van der Waals surface area contributed by atoms with E-state index in [1.807, 2.05) is 23.9 Å². The van der Waals surface area contributed by atoms with Crippen LogP contribution in [0.4, 0.5) is 0 Å². The molecule has 2 aromatic heterocycles. The standard InChI is InChI=1S/C19H21N5O/c1-23-17-5-3-2-4-13(17)16(22-23)11-24-9-8-15-14(10-24)19(25)21-18(20-15)12-6-7-12/h2-5,12H,6-11H2,1H3,(H,20,21,25). The van der Waals surface area contributed by atoms with Gasteiger partial charge < -0.3 is 4.98 Å². The van der Waals surface area contributed by atoms with E-state index in [9.17, 15) is 4.79 Å². The van der Waals surface area contributed by atoms with Gasteiger partial charge in [0, 0.05) is 44.4 Å². The van der Waals surface area contributed by atoms with Crippen molar-refractivity contribution >= 4 is 10.9 Å². The Kier molecular flexibility index (Phi) is 3.28. The summed E-state index contributed by atoms with van der Waals surface area (Å²) in [4.78, 5) is 22.5. The molecule has 0 radical (unpaired) electrons. The molecule has 3 aromatic rings. The summed E-state index contributed by atoms with van der Waals surface area (Å²) in [5, 5.41) is 5.87. The van der Waals surface area contributed by atoms with Crippen molar-refractivity contribution in [3.63, 3.8) is 0 Å². The van der Waals surface area contributed by atoms with E-state index in [-0.39, 0.29) is 5.56 Å². The minimum absolute atomic E-state index is 0.0440. The van der Waals surface area contributed by atoms with Gasteiger partial charge >= 0.3 is 0 Å². The lowest BCUT2D eigenvalue weighted by atomic mass is 10.1. The van der Waals surface area contributed by atoms with Crippen molar-refractivity contribution in [2.24, 2.45) is 7.05 Å². The number of nitrogens with one attached hydrogen (secondary N) is 1. The molecular formula is C19H21N5O. The second-order valence-corrected chi connectivity index (χ2v) is 7.20. The van der Waals surface area contributed by atoms with E-state index in [1.54, 1.807) is 0 Å². The van der Waals surface area contributed by atoms with Crippen LogP contribution in [-0.4, -0.2) is 31.2 Å². The van der Waals surface area contributed by atoms with Crippen LogP contribution in [0.25, 0.3) is 10.9 Å². The zero-order valence-corrected chi connectivity index (χ0v) is 14.3. The lowest BCUT2D eigenvalue weighted by molar-refractivity contribution is 0.239. The zero-order valence-electron chi connectivity index (χ0n) is 14.3. The van der Waals surface area contributed by atoms with Gasteiger partial charge in [0.05, 0.1) is 22.5 Å². The number of rotatable bonds is 3. The highest BCUT2D eigenvalue weighted by Gasteiger charge is 2.29. The number of benzene rings is 1. The molecular weight excluding hydrogens is 314 g/mol. The van der Waals surface area contributed by atoms with Crippen LogP contribution < -0.4 is 5.56 Å². The van der Waals surface area contributed by atoms with Gasteiger partial charge in [-0.2, -0.15) is 5.10 Å². The molecule has 5 rings (SSSR count). The Balaban J connectivity index is 1.43. The van der Waals surface area contributed by atoms with Gasteiger partial charge in [-0.25, -0.2) is 4.98 Å². The van der Waals surface area contributed by atoms with Crippen LogP contribution in [0.2, 0.25) is 0 Å². The van der Waals surface area contributed by atoms with Crippen molar-refractivity contribution in [1.82, 2.24) is 24.6 Å². The summed E-state index contributed by atoms with van der Waals surface area (Å²) < 4.78 is 1.93. The fraction of sp³-hybridized carbons (Fsp3) is 0.421. The maximum atomic E-state index is 12.5. The van der Waals surface area contributed by atoms with Gasteiger partial charge in [-0.1, -0.05) is 18.2 Å². The molecule has 1 N–H and O–H groups in total.